The van der Waals surface area contributed by atoms with Gasteiger partial charge in [-0.15, -0.1) is 9.24 Å². The van der Waals surface area contributed by atoms with E-state index in [9.17, 15) is 0 Å². The molecule has 0 heterocycles. The maximum Gasteiger partial charge on any atom is 0.0720 e. The summed E-state index contributed by atoms with van der Waals surface area (Å²) in [4.78, 5) is 0. The van der Waals surface area contributed by atoms with Crippen molar-refractivity contribution in [1.29, 1.82) is 0 Å². The van der Waals surface area contributed by atoms with Crippen LogP contribution in [-0.4, -0.2) is 6.04 Å². The van der Waals surface area contributed by atoms with E-state index in [0.717, 1.165) is 10.9 Å². The summed E-state index contributed by atoms with van der Waals surface area (Å²) in [5, 5.41) is 0.921. The van der Waals surface area contributed by atoms with Crippen LogP contribution in [0.1, 0.15) is 0 Å². The van der Waals surface area contributed by atoms with Gasteiger partial charge in [-0.2, -0.15) is 0 Å². The molecule has 0 aromatic carbocycles. The van der Waals surface area contributed by atoms with Crippen LogP contribution in [0.2, 0.25) is 0 Å². The first kappa shape index (κ1) is 8.31. The molecule has 0 fully saturated rings. The molecule has 0 amide bonds. The lowest BCUT2D eigenvalue weighted by Gasteiger charge is -2.21. The lowest BCUT2D eigenvalue weighted by atomic mass is 9.99. The van der Waals surface area contributed by atoms with E-state index >= 15 is 0 Å². The van der Waals surface area contributed by atoms with Crippen molar-refractivity contribution < 1.29 is 0 Å². The molecule has 1 aliphatic rings. The number of nitrogens with two attached hydrogens (primary N) is 3. The van der Waals surface area contributed by atoms with Crippen molar-refractivity contribution in [1.82, 2.24) is 0 Å². The van der Waals surface area contributed by atoms with Crippen molar-refractivity contribution in [2.24, 2.45) is 17.2 Å². The molecule has 0 aromatic rings. The molecule has 0 radical (unpaired) electrons. The molecule has 3 nitrogen and oxygen atoms in total. The van der Waals surface area contributed by atoms with E-state index < -0.39 is 0 Å². The average molecular weight is 169 g/mol. The first-order valence-corrected chi connectivity index (χ1v) is 3.78. The normalized spacial score (nSPS) is 25.5. The first-order chi connectivity index (χ1) is 5.04. The molecule has 2 atom stereocenters. The number of allylic oxidation sites excluding steroid dienone is 1. The molecule has 11 heavy (non-hydrogen) atoms. The summed E-state index contributed by atoms with van der Waals surface area (Å²) in [6.07, 6.45) is 1.76. The number of rotatable bonds is 0. The van der Waals surface area contributed by atoms with Gasteiger partial charge in [-0.05, 0) is 17.0 Å². The number of hydrogen-bond donors (Lipinski definition) is 3. The van der Waals surface area contributed by atoms with E-state index in [0.29, 0.717) is 11.4 Å². The number of hydrogen-bond acceptors (Lipinski definition) is 3. The minimum absolute atomic E-state index is 0.326. The zero-order valence-electron chi connectivity index (χ0n) is 6.17. The van der Waals surface area contributed by atoms with Crippen molar-refractivity contribution in [3.63, 3.8) is 0 Å². The highest BCUT2D eigenvalue weighted by molar-refractivity contribution is 7.23. The highest BCUT2D eigenvalue weighted by Crippen LogP contribution is 2.26. The Morgan fingerprint density at radius 3 is 2.55 bits per heavy atom. The molecule has 1 aliphatic carbocycles. The molecule has 2 unspecified atom stereocenters. The van der Waals surface area contributed by atoms with Gasteiger partial charge in [0.25, 0.3) is 0 Å². The fourth-order valence-corrected chi connectivity index (χ4v) is 1.25. The predicted molar refractivity (Wildman–Crippen MR) is 50.3 cm³/mol. The Morgan fingerprint density at radius 1 is 1.45 bits per heavy atom. The van der Waals surface area contributed by atoms with E-state index in [4.69, 9.17) is 17.2 Å². The fourth-order valence-electron chi connectivity index (χ4n) is 0.890. The van der Waals surface area contributed by atoms with Crippen LogP contribution in [0.5, 0.6) is 0 Å². The summed E-state index contributed by atoms with van der Waals surface area (Å²) < 4.78 is 0. The molecule has 6 N–H and O–H groups in total. The van der Waals surface area contributed by atoms with Crippen LogP contribution in [0.3, 0.4) is 0 Å². The average Bonchev–Trinajstić information content (AvgIpc) is 1.97. The van der Waals surface area contributed by atoms with Crippen molar-refractivity contribution in [3.8, 4) is 0 Å². The van der Waals surface area contributed by atoms with Crippen LogP contribution >= 0.6 is 9.24 Å². The van der Waals surface area contributed by atoms with Crippen LogP contribution in [0.15, 0.2) is 34.9 Å². The Labute approximate surface area is 68.2 Å². The molecule has 0 aliphatic heterocycles. The van der Waals surface area contributed by atoms with Crippen molar-refractivity contribution in [3.05, 3.63) is 34.9 Å². The molecule has 0 bridgehead atoms. The molecular weight excluding hydrogens is 157 g/mol. The summed E-state index contributed by atoms with van der Waals surface area (Å²) in [5.74, 6) is 0. The van der Waals surface area contributed by atoms with Crippen LogP contribution < -0.4 is 17.2 Å². The minimum Gasteiger partial charge on any atom is -0.399 e. The second-order valence-electron chi connectivity index (χ2n) is 2.51. The van der Waals surface area contributed by atoms with Crippen molar-refractivity contribution >= 4 is 9.24 Å². The molecule has 0 spiro atoms. The zero-order valence-corrected chi connectivity index (χ0v) is 7.33. The first-order valence-electron chi connectivity index (χ1n) is 3.21. The van der Waals surface area contributed by atoms with Crippen LogP contribution in [0.25, 0.3) is 0 Å². The SMILES string of the molecule is C=C1C(P)=CC(N)=C(N)C1N. The Hall–Kier alpha value is -0.790. The maximum atomic E-state index is 5.69. The third kappa shape index (κ3) is 1.30. The van der Waals surface area contributed by atoms with Gasteiger partial charge in [-0.1, -0.05) is 6.58 Å². The van der Waals surface area contributed by atoms with Gasteiger partial charge < -0.3 is 17.2 Å². The Balaban J connectivity index is 3.11. The van der Waals surface area contributed by atoms with Gasteiger partial charge in [0.2, 0.25) is 0 Å². The monoisotopic (exact) mass is 169 g/mol. The smallest absolute Gasteiger partial charge is 0.0720 e. The summed E-state index contributed by atoms with van der Waals surface area (Å²) in [5.41, 5.74) is 18.7. The van der Waals surface area contributed by atoms with E-state index in [1.165, 1.54) is 0 Å². The Bertz CT molecular complexity index is 265. The lowest BCUT2D eigenvalue weighted by molar-refractivity contribution is 0.865. The van der Waals surface area contributed by atoms with Gasteiger partial charge in [0.05, 0.1) is 17.4 Å². The van der Waals surface area contributed by atoms with Crippen LogP contribution in [0.4, 0.5) is 0 Å². The van der Waals surface area contributed by atoms with Crippen LogP contribution in [0, 0.1) is 0 Å². The highest BCUT2D eigenvalue weighted by Gasteiger charge is 2.18. The van der Waals surface area contributed by atoms with Crippen molar-refractivity contribution in [2.75, 3.05) is 0 Å². The standard InChI is InChI=1S/C7H12N3P/c1-3-5(11)2-4(8)7(10)6(3)9/h2,6H,1,8-11H2. The van der Waals surface area contributed by atoms with Gasteiger partial charge >= 0.3 is 0 Å². The summed E-state index contributed by atoms with van der Waals surface area (Å²) in [6.45, 7) is 3.78. The second-order valence-corrected chi connectivity index (χ2v) is 3.14. The molecule has 0 aromatic heterocycles. The maximum absolute atomic E-state index is 5.69. The predicted octanol–water partition coefficient (Wildman–Crippen LogP) is -0.229. The molecule has 4 heteroatoms. The molecule has 1 rings (SSSR count). The van der Waals surface area contributed by atoms with E-state index in [1.54, 1.807) is 6.08 Å². The van der Waals surface area contributed by atoms with E-state index in [-0.39, 0.29) is 6.04 Å². The van der Waals surface area contributed by atoms with Gasteiger partial charge in [-0.25, -0.2) is 0 Å². The quantitative estimate of drug-likeness (QED) is 0.438. The Morgan fingerprint density at radius 2 is 2.00 bits per heavy atom. The van der Waals surface area contributed by atoms with Gasteiger partial charge in [0.15, 0.2) is 0 Å². The molecule has 60 valence electrons. The minimum atomic E-state index is -0.326. The van der Waals surface area contributed by atoms with Crippen LogP contribution in [-0.2, 0) is 0 Å². The topological polar surface area (TPSA) is 78.1 Å². The third-order valence-electron chi connectivity index (χ3n) is 1.73. The fraction of sp³-hybridized carbons (Fsp3) is 0.143. The second kappa shape index (κ2) is 2.68. The molecule has 0 saturated carbocycles. The summed E-state index contributed by atoms with van der Waals surface area (Å²) >= 11 is 0. The van der Waals surface area contributed by atoms with Gasteiger partial charge in [0, 0.05) is 0 Å². The lowest BCUT2D eigenvalue weighted by Crippen LogP contribution is -2.34. The summed E-state index contributed by atoms with van der Waals surface area (Å²) in [6, 6.07) is -0.326. The highest BCUT2D eigenvalue weighted by atomic mass is 31.0. The van der Waals surface area contributed by atoms with Crippen molar-refractivity contribution in [2.45, 2.75) is 6.04 Å². The zero-order chi connectivity index (χ0) is 8.59. The molecular formula is C7H12N3P. The van der Waals surface area contributed by atoms with Gasteiger partial charge in [0.1, 0.15) is 0 Å². The summed E-state index contributed by atoms with van der Waals surface area (Å²) in [7, 11) is 2.52. The third-order valence-corrected chi connectivity index (χ3v) is 2.26. The largest absolute Gasteiger partial charge is 0.399 e. The molecule has 0 saturated heterocycles. The van der Waals surface area contributed by atoms with E-state index in [2.05, 4.69) is 15.8 Å². The van der Waals surface area contributed by atoms with E-state index in [1.807, 2.05) is 0 Å². The van der Waals surface area contributed by atoms with Gasteiger partial charge in [-0.3, -0.25) is 0 Å². The Kier molecular flexibility index (Phi) is 2.03.